The van der Waals surface area contributed by atoms with Crippen LogP contribution in [-0.4, -0.2) is 59.6 Å². The second-order valence-corrected chi connectivity index (χ2v) is 12.2. The Morgan fingerprint density at radius 2 is 0.743 bits per heavy atom. The number of benzene rings is 1. The zero-order valence-corrected chi connectivity index (χ0v) is 22.9. The van der Waals surface area contributed by atoms with Gasteiger partial charge in [-0.15, -0.1) is 0 Å². The van der Waals surface area contributed by atoms with Crippen LogP contribution in [0.3, 0.4) is 0 Å². The van der Waals surface area contributed by atoms with Crippen molar-refractivity contribution in [3.05, 3.63) is 24.3 Å². The molecule has 0 heterocycles. The van der Waals surface area contributed by atoms with Gasteiger partial charge in [0.15, 0.2) is 0 Å². The molecule has 0 atom stereocenters. The van der Waals surface area contributed by atoms with E-state index in [-0.39, 0.29) is 52.6 Å². The molecule has 0 radical (unpaired) electrons. The van der Waals surface area contributed by atoms with E-state index in [1.165, 1.54) is 88.5 Å². The molecule has 35 heavy (non-hydrogen) atoms. The van der Waals surface area contributed by atoms with Crippen LogP contribution in [0.2, 0.25) is 0 Å². The van der Waals surface area contributed by atoms with Crippen LogP contribution in [0.25, 0.3) is 0 Å². The Morgan fingerprint density at radius 1 is 0.486 bits per heavy atom. The van der Waals surface area contributed by atoms with Crippen molar-refractivity contribution in [1.82, 2.24) is 0 Å². The van der Waals surface area contributed by atoms with Crippen LogP contribution in [0.1, 0.15) is 117 Å². The zero-order valence-electron chi connectivity index (χ0n) is 21.3. The first-order chi connectivity index (χ1) is 16.3. The van der Waals surface area contributed by atoms with Gasteiger partial charge in [0.05, 0.1) is 23.0 Å². The number of hydrogen-bond donors (Lipinski definition) is 0. The van der Waals surface area contributed by atoms with Crippen LogP contribution >= 0.6 is 0 Å². The summed E-state index contributed by atoms with van der Waals surface area (Å²) in [5.74, 6) is 0. The van der Waals surface area contributed by atoms with E-state index in [0.717, 1.165) is 25.7 Å². The first-order valence-corrected chi connectivity index (χ1v) is 16.0. The summed E-state index contributed by atoms with van der Waals surface area (Å²) < 4.78 is 59.6. The minimum atomic E-state index is -3.90. The maximum absolute atomic E-state index is 12.4. The third-order valence-electron chi connectivity index (χ3n) is 5.87. The second-order valence-electron chi connectivity index (χ2n) is 8.97. The van der Waals surface area contributed by atoms with Gasteiger partial charge in [0.25, 0.3) is 20.2 Å². The standard InChI is InChI=1S/C26H46O6S2.Na.H/c1-3-5-7-9-11-13-15-17-23-31-33(27,28)25-19-21-26(22-20-25)34(29,30)32-24-18-16-14-12-10-8-6-4-2;;/h19-22H,3-18,23-24H2,1-2H3;;. The van der Waals surface area contributed by atoms with E-state index in [2.05, 4.69) is 13.8 Å². The van der Waals surface area contributed by atoms with Crippen molar-refractivity contribution in [2.75, 3.05) is 13.2 Å². The maximum atomic E-state index is 12.4. The molecular formula is C26H47NaO6S2. The third-order valence-corrected chi connectivity index (χ3v) is 8.53. The Labute approximate surface area is 237 Å². The van der Waals surface area contributed by atoms with E-state index in [1.807, 2.05) is 0 Å². The van der Waals surface area contributed by atoms with Crippen LogP contribution in [0.15, 0.2) is 34.1 Å². The van der Waals surface area contributed by atoms with Crippen LogP contribution in [-0.2, 0) is 28.6 Å². The molecule has 0 aromatic heterocycles. The van der Waals surface area contributed by atoms with E-state index in [4.69, 9.17) is 8.37 Å². The molecule has 1 rings (SSSR count). The van der Waals surface area contributed by atoms with E-state index in [0.29, 0.717) is 12.8 Å². The van der Waals surface area contributed by atoms with Crippen molar-refractivity contribution in [1.29, 1.82) is 0 Å². The first-order valence-electron chi connectivity index (χ1n) is 13.2. The fourth-order valence-electron chi connectivity index (χ4n) is 3.72. The molecule has 200 valence electrons. The second kappa shape index (κ2) is 21.0. The molecule has 0 aliphatic heterocycles. The van der Waals surface area contributed by atoms with Gasteiger partial charge >= 0.3 is 29.6 Å². The number of unbranched alkanes of at least 4 members (excludes halogenated alkanes) is 14. The Bertz CT molecular complexity index is 768. The van der Waals surface area contributed by atoms with E-state index in [1.54, 1.807) is 0 Å². The summed E-state index contributed by atoms with van der Waals surface area (Å²) in [5.41, 5.74) is 0. The molecule has 0 bridgehead atoms. The molecule has 0 aliphatic carbocycles. The van der Waals surface area contributed by atoms with E-state index in [9.17, 15) is 16.8 Å². The Morgan fingerprint density at radius 3 is 1.03 bits per heavy atom. The van der Waals surface area contributed by atoms with Gasteiger partial charge in [-0.1, -0.05) is 104 Å². The summed E-state index contributed by atoms with van der Waals surface area (Å²) in [6.45, 7) is 4.66. The summed E-state index contributed by atoms with van der Waals surface area (Å²) in [6, 6.07) is 5.04. The molecule has 0 unspecified atom stereocenters. The monoisotopic (exact) mass is 542 g/mol. The molecule has 0 saturated carbocycles. The normalized spacial score (nSPS) is 11.9. The van der Waals surface area contributed by atoms with Crippen molar-refractivity contribution in [2.45, 2.75) is 126 Å². The molecule has 0 spiro atoms. The topological polar surface area (TPSA) is 86.7 Å². The average molecular weight is 543 g/mol. The van der Waals surface area contributed by atoms with Crippen molar-refractivity contribution in [3.8, 4) is 0 Å². The van der Waals surface area contributed by atoms with Gasteiger partial charge in [-0.05, 0) is 37.1 Å². The fourth-order valence-corrected chi connectivity index (χ4v) is 5.60. The first kappa shape index (κ1) is 35.0. The minimum absolute atomic E-state index is 0. The van der Waals surface area contributed by atoms with Gasteiger partial charge < -0.3 is 0 Å². The van der Waals surface area contributed by atoms with Gasteiger partial charge in [-0.2, -0.15) is 16.8 Å². The molecule has 0 amide bonds. The SMILES string of the molecule is CCCCCCCCCCOS(=O)(=O)c1ccc(S(=O)(=O)OCCCCCCCCCC)cc1.[NaH]. The summed E-state index contributed by atoms with van der Waals surface area (Å²) in [5, 5.41) is 0. The van der Waals surface area contributed by atoms with Crippen molar-refractivity contribution in [2.24, 2.45) is 0 Å². The van der Waals surface area contributed by atoms with Gasteiger partial charge in [0.1, 0.15) is 0 Å². The molecule has 1 aromatic rings. The fraction of sp³-hybridized carbons (Fsp3) is 0.769. The van der Waals surface area contributed by atoms with Crippen LogP contribution in [0, 0.1) is 0 Å². The molecule has 0 aliphatic rings. The molecule has 0 fully saturated rings. The van der Waals surface area contributed by atoms with Crippen molar-refractivity contribution >= 4 is 49.8 Å². The van der Waals surface area contributed by atoms with Crippen LogP contribution in [0.5, 0.6) is 0 Å². The van der Waals surface area contributed by atoms with E-state index >= 15 is 0 Å². The summed E-state index contributed by atoms with van der Waals surface area (Å²) >= 11 is 0. The average Bonchev–Trinajstić information content (AvgIpc) is 2.82. The van der Waals surface area contributed by atoms with Crippen molar-refractivity contribution in [3.63, 3.8) is 0 Å². The Kier molecular flexibility index (Phi) is 21.0. The molecule has 0 saturated heterocycles. The number of hydrogen-bond acceptors (Lipinski definition) is 6. The van der Waals surface area contributed by atoms with Crippen LogP contribution in [0.4, 0.5) is 0 Å². The van der Waals surface area contributed by atoms with Gasteiger partial charge in [0.2, 0.25) is 0 Å². The Balaban J connectivity index is 0.0000116. The van der Waals surface area contributed by atoms with Gasteiger partial charge in [0, 0.05) is 0 Å². The van der Waals surface area contributed by atoms with Gasteiger partial charge in [-0.3, -0.25) is 8.37 Å². The van der Waals surface area contributed by atoms with Gasteiger partial charge in [-0.25, -0.2) is 0 Å². The molecule has 6 nitrogen and oxygen atoms in total. The predicted molar refractivity (Wildman–Crippen MR) is 145 cm³/mol. The third kappa shape index (κ3) is 16.5. The summed E-state index contributed by atoms with van der Waals surface area (Å²) in [6.07, 6.45) is 17.7. The molecule has 0 N–H and O–H groups in total. The zero-order chi connectivity index (χ0) is 25.1. The van der Waals surface area contributed by atoms with Crippen molar-refractivity contribution < 1.29 is 25.2 Å². The molecule has 9 heteroatoms. The predicted octanol–water partition coefficient (Wildman–Crippen LogP) is 6.73. The van der Waals surface area contributed by atoms with Crippen LogP contribution < -0.4 is 0 Å². The quantitative estimate of drug-likeness (QED) is 0.0917. The number of rotatable bonds is 22. The summed E-state index contributed by atoms with van der Waals surface area (Å²) in [4.78, 5) is -0.0943. The molecule has 1 aromatic carbocycles. The molecular weight excluding hydrogens is 495 g/mol. The van der Waals surface area contributed by atoms with E-state index < -0.39 is 20.2 Å². The summed E-state index contributed by atoms with van der Waals surface area (Å²) in [7, 11) is -7.80. The Hall–Kier alpha value is 0.0400.